The highest BCUT2D eigenvalue weighted by Crippen LogP contribution is 2.24. The van der Waals surface area contributed by atoms with Crippen molar-refractivity contribution in [3.05, 3.63) is 30.4 Å². The Labute approximate surface area is 86.0 Å². The second-order valence-corrected chi connectivity index (χ2v) is 4.07. The van der Waals surface area contributed by atoms with E-state index in [0.29, 0.717) is 0 Å². The lowest BCUT2D eigenvalue weighted by atomic mass is 10.3. The van der Waals surface area contributed by atoms with Crippen LogP contribution in [0.4, 0.5) is 10.1 Å². The van der Waals surface area contributed by atoms with Gasteiger partial charge in [-0.05, 0) is 6.07 Å². The van der Waals surface area contributed by atoms with Crippen LogP contribution in [0.1, 0.15) is 5.56 Å². The number of rotatable bonds is 3. The maximum atomic E-state index is 5.60. The molecule has 0 aliphatic rings. The Morgan fingerprint density at radius 2 is 2.50 bits per heavy atom. The van der Waals surface area contributed by atoms with Crippen LogP contribution in [0.25, 0.3) is 0 Å². The number of nitrogens with two attached hydrogens (primary N) is 1. The first-order chi connectivity index (χ1) is 6.75. The quantitative estimate of drug-likeness (QED) is 0.839. The van der Waals surface area contributed by atoms with Gasteiger partial charge < -0.3 is 15.1 Å². The van der Waals surface area contributed by atoms with Crippen molar-refractivity contribution in [2.24, 2.45) is 0 Å². The molecule has 0 aromatic carbocycles. The summed E-state index contributed by atoms with van der Waals surface area (Å²) in [5.41, 5.74) is 6.73. The van der Waals surface area contributed by atoms with Crippen molar-refractivity contribution >= 4 is 21.5 Å². The second-order valence-electron chi connectivity index (χ2n) is 3.03. The smallest absolute Gasteiger partial charge is 0.187 e. The van der Waals surface area contributed by atoms with Gasteiger partial charge in [-0.15, -0.1) is 0 Å². The van der Waals surface area contributed by atoms with Gasteiger partial charge in [-0.25, -0.2) is 4.98 Å². The van der Waals surface area contributed by atoms with E-state index in [1.807, 2.05) is 18.0 Å². The Balaban J connectivity index is 2.06. The van der Waals surface area contributed by atoms with Crippen molar-refractivity contribution in [3.8, 4) is 0 Å². The van der Waals surface area contributed by atoms with Crippen LogP contribution in [0.2, 0.25) is 0 Å². The van der Waals surface area contributed by atoms with E-state index in [9.17, 15) is 0 Å². The molecule has 2 aromatic heterocycles. The monoisotopic (exact) mass is 209 g/mol. The molecule has 0 atom stereocenters. The molecule has 0 amide bonds. The van der Waals surface area contributed by atoms with Crippen LogP contribution in [0, 0.1) is 0 Å². The number of furan rings is 1. The molecule has 2 rings (SSSR count). The summed E-state index contributed by atoms with van der Waals surface area (Å²) in [6.07, 6.45) is 5.07. The third-order valence-electron chi connectivity index (χ3n) is 1.84. The van der Waals surface area contributed by atoms with Gasteiger partial charge in [0.05, 0.1) is 18.7 Å². The van der Waals surface area contributed by atoms with Gasteiger partial charge in [0.2, 0.25) is 0 Å². The number of hydrogen-bond acceptors (Lipinski definition) is 5. The van der Waals surface area contributed by atoms with Gasteiger partial charge in [0.1, 0.15) is 5.00 Å². The third-order valence-corrected chi connectivity index (χ3v) is 2.78. The standard InChI is InChI=1S/C9H11N3OS/c1-12(5-7-2-3-13-6-7)9-11-4-8(10)14-9/h2-4,6H,5,10H2,1H3. The molecule has 14 heavy (non-hydrogen) atoms. The number of nitrogen functional groups attached to an aromatic ring is 1. The summed E-state index contributed by atoms with van der Waals surface area (Å²) in [5, 5.41) is 1.66. The number of thiazole rings is 1. The van der Waals surface area contributed by atoms with Crippen molar-refractivity contribution in [1.82, 2.24) is 4.98 Å². The zero-order valence-electron chi connectivity index (χ0n) is 7.80. The number of hydrogen-bond donors (Lipinski definition) is 1. The van der Waals surface area contributed by atoms with Crippen LogP contribution in [-0.2, 0) is 6.54 Å². The summed E-state index contributed by atoms with van der Waals surface area (Å²) >= 11 is 1.48. The molecule has 0 saturated carbocycles. The fraction of sp³-hybridized carbons (Fsp3) is 0.222. The van der Waals surface area contributed by atoms with E-state index in [-0.39, 0.29) is 0 Å². The summed E-state index contributed by atoms with van der Waals surface area (Å²) in [4.78, 5) is 6.22. The molecule has 2 heterocycles. The molecule has 4 nitrogen and oxygen atoms in total. The molecular weight excluding hydrogens is 198 g/mol. The molecule has 74 valence electrons. The molecule has 0 bridgehead atoms. The normalized spacial score (nSPS) is 10.4. The molecule has 2 N–H and O–H groups in total. The average Bonchev–Trinajstić information content (AvgIpc) is 2.75. The molecule has 0 fully saturated rings. The first-order valence-corrected chi connectivity index (χ1v) is 5.01. The highest BCUT2D eigenvalue weighted by Gasteiger charge is 2.06. The predicted molar refractivity (Wildman–Crippen MR) is 57.3 cm³/mol. The molecule has 2 aromatic rings. The van der Waals surface area contributed by atoms with E-state index >= 15 is 0 Å². The lowest BCUT2D eigenvalue weighted by Gasteiger charge is -2.13. The van der Waals surface area contributed by atoms with Crippen molar-refractivity contribution in [2.45, 2.75) is 6.54 Å². The molecule has 0 radical (unpaired) electrons. The molecule has 0 saturated heterocycles. The first-order valence-electron chi connectivity index (χ1n) is 4.19. The molecule has 0 unspecified atom stereocenters. The molecule has 0 aliphatic heterocycles. The van der Waals surface area contributed by atoms with Crippen LogP contribution in [0.15, 0.2) is 29.2 Å². The van der Waals surface area contributed by atoms with Gasteiger partial charge in [-0.2, -0.15) is 0 Å². The third kappa shape index (κ3) is 1.88. The fourth-order valence-electron chi connectivity index (χ4n) is 1.18. The summed E-state index contributed by atoms with van der Waals surface area (Å²) in [5.74, 6) is 0. The lowest BCUT2D eigenvalue weighted by Crippen LogP contribution is -2.15. The highest BCUT2D eigenvalue weighted by molar-refractivity contribution is 7.19. The lowest BCUT2D eigenvalue weighted by molar-refractivity contribution is 0.563. The van der Waals surface area contributed by atoms with Crippen LogP contribution in [0.3, 0.4) is 0 Å². The van der Waals surface area contributed by atoms with Gasteiger partial charge in [0.15, 0.2) is 5.13 Å². The zero-order chi connectivity index (χ0) is 9.97. The Morgan fingerprint density at radius 3 is 3.07 bits per heavy atom. The summed E-state index contributed by atoms with van der Waals surface area (Å²) in [7, 11) is 1.98. The summed E-state index contributed by atoms with van der Waals surface area (Å²) in [6, 6.07) is 1.94. The van der Waals surface area contributed by atoms with E-state index in [4.69, 9.17) is 10.2 Å². The minimum Gasteiger partial charge on any atom is -0.472 e. The van der Waals surface area contributed by atoms with Gasteiger partial charge in [-0.3, -0.25) is 0 Å². The van der Waals surface area contributed by atoms with E-state index in [1.165, 1.54) is 11.3 Å². The Bertz CT molecular complexity index is 396. The predicted octanol–water partition coefficient (Wildman–Crippen LogP) is 1.95. The van der Waals surface area contributed by atoms with E-state index in [1.54, 1.807) is 18.7 Å². The van der Waals surface area contributed by atoms with Crippen LogP contribution in [0.5, 0.6) is 0 Å². The Kier molecular flexibility index (Phi) is 2.41. The zero-order valence-corrected chi connectivity index (χ0v) is 8.62. The summed E-state index contributed by atoms with van der Waals surface area (Å²) < 4.78 is 4.99. The number of anilines is 2. The minimum absolute atomic E-state index is 0.735. The number of aromatic nitrogens is 1. The molecule has 5 heteroatoms. The average molecular weight is 209 g/mol. The minimum atomic E-state index is 0.735. The van der Waals surface area contributed by atoms with Crippen molar-refractivity contribution in [2.75, 3.05) is 17.7 Å². The van der Waals surface area contributed by atoms with Gasteiger partial charge in [-0.1, -0.05) is 11.3 Å². The van der Waals surface area contributed by atoms with Crippen LogP contribution < -0.4 is 10.6 Å². The highest BCUT2D eigenvalue weighted by atomic mass is 32.1. The maximum Gasteiger partial charge on any atom is 0.187 e. The van der Waals surface area contributed by atoms with Gasteiger partial charge in [0, 0.05) is 19.2 Å². The molecule has 0 aliphatic carbocycles. The summed E-state index contributed by atoms with van der Waals surface area (Å²) in [6.45, 7) is 0.781. The molecule has 0 spiro atoms. The Morgan fingerprint density at radius 1 is 1.64 bits per heavy atom. The molecular formula is C9H11N3OS. The SMILES string of the molecule is CN(Cc1ccoc1)c1ncc(N)s1. The Hall–Kier alpha value is -1.49. The van der Waals surface area contributed by atoms with Gasteiger partial charge >= 0.3 is 0 Å². The fourth-order valence-corrected chi connectivity index (χ4v) is 1.82. The van der Waals surface area contributed by atoms with Crippen LogP contribution in [-0.4, -0.2) is 12.0 Å². The van der Waals surface area contributed by atoms with Crippen molar-refractivity contribution < 1.29 is 4.42 Å². The van der Waals surface area contributed by atoms with Gasteiger partial charge in [0.25, 0.3) is 0 Å². The topological polar surface area (TPSA) is 55.3 Å². The largest absolute Gasteiger partial charge is 0.472 e. The van der Waals surface area contributed by atoms with E-state index in [2.05, 4.69) is 4.98 Å². The van der Waals surface area contributed by atoms with Crippen LogP contribution >= 0.6 is 11.3 Å². The van der Waals surface area contributed by atoms with Crippen molar-refractivity contribution in [1.29, 1.82) is 0 Å². The van der Waals surface area contributed by atoms with E-state index < -0.39 is 0 Å². The van der Waals surface area contributed by atoms with E-state index in [0.717, 1.165) is 22.2 Å². The first kappa shape index (κ1) is 9.08. The second kappa shape index (κ2) is 3.71. The maximum absolute atomic E-state index is 5.60. The van der Waals surface area contributed by atoms with Crippen molar-refractivity contribution in [3.63, 3.8) is 0 Å². The number of nitrogens with zero attached hydrogens (tertiary/aromatic N) is 2.